The summed E-state index contributed by atoms with van der Waals surface area (Å²) in [6.07, 6.45) is 4.61. The molecule has 22 heavy (non-hydrogen) atoms. The number of amides is 1. The molecule has 6 nitrogen and oxygen atoms in total. The lowest BCUT2D eigenvalue weighted by atomic mass is 9.82. The Morgan fingerprint density at radius 1 is 1.27 bits per heavy atom. The first-order valence-electron chi connectivity index (χ1n) is 7.46. The molecule has 6 heteroatoms. The van der Waals surface area contributed by atoms with Gasteiger partial charge in [-0.15, -0.1) is 0 Å². The van der Waals surface area contributed by atoms with Crippen molar-refractivity contribution >= 4 is 17.7 Å². The Morgan fingerprint density at radius 2 is 1.91 bits per heavy atom. The van der Waals surface area contributed by atoms with E-state index in [4.69, 9.17) is 4.52 Å². The molecule has 2 N–H and O–H groups in total. The van der Waals surface area contributed by atoms with Crippen molar-refractivity contribution in [3.63, 3.8) is 0 Å². The molecule has 2 aliphatic carbocycles. The van der Waals surface area contributed by atoms with Gasteiger partial charge in [-0.05, 0) is 18.3 Å². The highest BCUT2D eigenvalue weighted by Crippen LogP contribution is 2.48. The minimum Gasteiger partial charge on any atom is -0.481 e. The van der Waals surface area contributed by atoms with E-state index in [0.29, 0.717) is 11.6 Å². The largest absolute Gasteiger partial charge is 0.481 e. The number of fused-ring (bicyclic) bond motifs is 2. The molecule has 0 aliphatic heterocycles. The fourth-order valence-electron chi connectivity index (χ4n) is 3.41. The predicted octanol–water partition coefficient (Wildman–Crippen LogP) is 2.43. The number of nitrogens with zero attached hydrogens (tertiary/aromatic N) is 1. The van der Waals surface area contributed by atoms with Gasteiger partial charge in [0.15, 0.2) is 5.82 Å². The molecule has 2 aliphatic rings. The second-order valence-electron chi connectivity index (χ2n) is 7.15. The van der Waals surface area contributed by atoms with Gasteiger partial charge in [-0.2, -0.15) is 0 Å². The first kappa shape index (κ1) is 14.8. The molecule has 1 fully saturated rings. The van der Waals surface area contributed by atoms with E-state index in [1.54, 1.807) is 6.07 Å². The monoisotopic (exact) mass is 304 g/mol. The number of aliphatic carboxylic acids is 1. The number of carboxylic acid groups (broad SMARTS) is 1. The van der Waals surface area contributed by atoms with E-state index in [2.05, 4.69) is 10.5 Å². The lowest BCUT2D eigenvalue weighted by molar-refractivity contribution is -0.146. The number of anilines is 1. The van der Waals surface area contributed by atoms with Gasteiger partial charge in [0.1, 0.15) is 5.76 Å². The summed E-state index contributed by atoms with van der Waals surface area (Å²) in [5, 5.41) is 15.9. The van der Waals surface area contributed by atoms with Crippen LogP contribution in [0, 0.1) is 23.7 Å². The van der Waals surface area contributed by atoms with Crippen LogP contribution in [-0.2, 0) is 15.0 Å². The maximum Gasteiger partial charge on any atom is 0.307 e. The highest BCUT2D eigenvalue weighted by atomic mass is 16.5. The third-order valence-corrected chi connectivity index (χ3v) is 4.55. The Balaban J connectivity index is 1.76. The topological polar surface area (TPSA) is 92.4 Å². The molecule has 3 rings (SSSR count). The molecule has 4 atom stereocenters. The first-order valence-corrected chi connectivity index (χ1v) is 7.46. The van der Waals surface area contributed by atoms with E-state index in [9.17, 15) is 14.7 Å². The lowest BCUT2D eigenvalue weighted by Crippen LogP contribution is -2.36. The van der Waals surface area contributed by atoms with E-state index in [1.165, 1.54) is 0 Å². The summed E-state index contributed by atoms with van der Waals surface area (Å²) < 4.78 is 5.23. The molecule has 118 valence electrons. The smallest absolute Gasteiger partial charge is 0.307 e. The van der Waals surface area contributed by atoms with Gasteiger partial charge in [-0.25, -0.2) is 0 Å². The van der Waals surface area contributed by atoms with Crippen LogP contribution in [0.5, 0.6) is 0 Å². The minimum atomic E-state index is -0.910. The van der Waals surface area contributed by atoms with Gasteiger partial charge in [0.05, 0.1) is 11.8 Å². The number of carbonyl (C=O) groups is 2. The number of allylic oxidation sites excluding steroid dienone is 2. The highest BCUT2D eigenvalue weighted by Gasteiger charge is 2.51. The number of hydrogen-bond donors (Lipinski definition) is 2. The fourth-order valence-corrected chi connectivity index (χ4v) is 3.41. The number of aromatic nitrogens is 1. The zero-order valence-corrected chi connectivity index (χ0v) is 12.9. The summed E-state index contributed by atoms with van der Waals surface area (Å²) >= 11 is 0. The summed E-state index contributed by atoms with van der Waals surface area (Å²) in [7, 11) is 0. The normalized spacial score (nSPS) is 29.8. The lowest BCUT2D eigenvalue weighted by Gasteiger charge is -2.23. The van der Waals surface area contributed by atoms with Crippen LogP contribution in [0.4, 0.5) is 5.82 Å². The van der Waals surface area contributed by atoms with E-state index in [0.717, 1.165) is 6.42 Å². The van der Waals surface area contributed by atoms with Crippen molar-refractivity contribution in [3.05, 3.63) is 24.0 Å². The van der Waals surface area contributed by atoms with Gasteiger partial charge in [-0.1, -0.05) is 38.1 Å². The van der Waals surface area contributed by atoms with E-state index < -0.39 is 17.8 Å². The molecule has 1 aromatic heterocycles. The number of nitrogens with one attached hydrogen (secondary N) is 1. The molecule has 0 radical (unpaired) electrons. The molecule has 2 bridgehead atoms. The average Bonchev–Trinajstić information content (AvgIpc) is 3.11. The van der Waals surface area contributed by atoms with E-state index in [-0.39, 0.29) is 23.2 Å². The van der Waals surface area contributed by atoms with Crippen molar-refractivity contribution in [3.8, 4) is 0 Å². The summed E-state index contributed by atoms with van der Waals surface area (Å²) in [5.41, 5.74) is -0.200. The van der Waals surface area contributed by atoms with Crippen LogP contribution in [0.1, 0.15) is 33.0 Å². The number of rotatable bonds is 3. The zero-order valence-electron chi connectivity index (χ0n) is 12.9. The minimum absolute atomic E-state index is 0.0000811. The molecule has 0 saturated heterocycles. The summed E-state index contributed by atoms with van der Waals surface area (Å²) in [6, 6.07) is 1.69. The Bertz CT molecular complexity index is 641. The van der Waals surface area contributed by atoms with Crippen molar-refractivity contribution in [2.24, 2.45) is 23.7 Å². The van der Waals surface area contributed by atoms with Gasteiger partial charge in [0.2, 0.25) is 5.91 Å². The maximum absolute atomic E-state index is 12.5. The van der Waals surface area contributed by atoms with E-state index >= 15 is 0 Å². The maximum atomic E-state index is 12.5. The summed E-state index contributed by atoms with van der Waals surface area (Å²) in [5.74, 6) is -1.42. The van der Waals surface area contributed by atoms with Gasteiger partial charge in [0.25, 0.3) is 0 Å². The predicted molar refractivity (Wildman–Crippen MR) is 79.2 cm³/mol. The third kappa shape index (κ3) is 2.42. The van der Waals surface area contributed by atoms with Gasteiger partial charge < -0.3 is 14.9 Å². The van der Waals surface area contributed by atoms with Crippen molar-refractivity contribution < 1.29 is 19.2 Å². The average molecular weight is 304 g/mol. The van der Waals surface area contributed by atoms with Crippen LogP contribution in [0.2, 0.25) is 0 Å². The molecule has 0 unspecified atom stereocenters. The second-order valence-corrected chi connectivity index (χ2v) is 7.15. The van der Waals surface area contributed by atoms with Crippen LogP contribution in [0.25, 0.3) is 0 Å². The SMILES string of the molecule is CC(C)(C)c1cc(NC(=O)[C@H]2[C@@H](C(=O)O)[C@H]3C=C[C@@H]2C3)no1. The number of carbonyl (C=O) groups excluding carboxylic acids is 1. The third-order valence-electron chi connectivity index (χ3n) is 4.55. The van der Waals surface area contributed by atoms with Crippen LogP contribution in [0.3, 0.4) is 0 Å². The summed E-state index contributed by atoms with van der Waals surface area (Å²) in [6.45, 7) is 5.96. The molecule has 1 amide bonds. The molecule has 1 heterocycles. The van der Waals surface area contributed by atoms with Gasteiger partial charge in [0, 0.05) is 11.5 Å². The zero-order chi connectivity index (χ0) is 16.1. The van der Waals surface area contributed by atoms with Crippen molar-refractivity contribution in [1.29, 1.82) is 0 Å². The fraction of sp³-hybridized carbons (Fsp3) is 0.562. The Hall–Kier alpha value is -2.11. The van der Waals surface area contributed by atoms with Crippen LogP contribution in [-0.4, -0.2) is 22.1 Å². The standard InChI is InChI=1S/C16H20N2O4/c1-16(2,3)10-7-11(18-22-10)17-14(19)12-8-4-5-9(6-8)13(12)15(20)21/h4-5,7-9,12-13H,6H2,1-3H3,(H,20,21)(H,17,18,19)/t8-,9+,12-,13+/m1/s1. The summed E-state index contributed by atoms with van der Waals surface area (Å²) in [4.78, 5) is 23.9. The van der Waals surface area contributed by atoms with E-state index in [1.807, 2.05) is 32.9 Å². The number of hydrogen-bond acceptors (Lipinski definition) is 4. The van der Waals surface area contributed by atoms with Crippen LogP contribution < -0.4 is 5.32 Å². The quantitative estimate of drug-likeness (QED) is 0.837. The van der Waals surface area contributed by atoms with Crippen molar-refractivity contribution in [2.45, 2.75) is 32.6 Å². The molecular weight excluding hydrogens is 284 g/mol. The van der Waals surface area contributed by atoms with Crippen LogP contribution in [0.15, 0.2) is 22.7 Å². The second kappa shape index (κ2) is 4.97. The Morgan fingerprint density at radius 3 is 2.45 bits per heavy atom. The molecule has 0 spiro atoms. The highest BCUT2D eigenvalue weighted by molar-refractivity contribution is 5.95. The molecular formula is C16H20N2O4. The van der Waals surface area contributed by atoms with Crippen molar-refractivity contribution in [2.75, 3.05) is 5.32 Å². The van der Waals surface area contributed by atoms with Crippen molar-refractivity contribution in [1.82, 2.24) is 5.16 Å². The Kier molecular flexibility index (Phi) is 3.34. The van der Waals surface area contributed by atoms with Crippen LogP contribution >= 0.6 is 0 Å². The Labute approximate surface area is 128 Å². The molecule has 0 aromatic carbocycles. The molecule has 1 aromatic rings. The molecule has 1 saturated carbocycles. The van der Waals surface area contributed by atoms with Gasteiger partial charge in [-0.3, -0.25) is 9.59 Å². The first-order chi connectivity index (χ1) is 10.3. The van der Waals surface area contributed by atoms with Gasteiger partial charge >= 0.3 is 5.97 Å². The number of carboxylic acids is 1.